The first-order valence-corrected chi connectivity index (χ1v) is 0.775. The summed E-state index contributed by atoms with van der Waals surface area (Å²) < 4.78 is 0. The van der Waals surface area contributed by atoms with Gasteiger partial charge in [-0.1, -0.05) is 0 Å². The maximum absolute atomic E-state index is 7.17. The molecular weight excluding hydrogens is 240 g/mol. The SMILES string of the molecule is O.OB(O)O.[Ho]. The zero-order chi connectivity index (χ0) is 3.58. The van der Waals surface area contributed by atoms with E-state index in [9.17, 15) is 0 Å². The largest absolute Gasteiger partial charge is 0.631 e. The van der Waals surface area contributed by atoms with Gasteiger partial charge in [-0.05, 0) is 0 Å². The maximum Gasteiger partial charge on any atom is 0.631 e. The topological polar surface area (TPSA) is 92.2 Å². The summed E-state index contributed by atoms with van der Waals surface area (Å²) in [4.78, 5) is 0. The Morgan fingerprint density at radius 1 is 1.00 bits per heavy atom. The number of hydrogen-bond acceptors (Lipinski definition) is 3. The molecule has 0 aromatic carbocycles. The zero-order valence-corrected chi connectivity index (χ0v) is 4.66. The monoisotopic (exact) mass is 245 g/mol. The Hall–Kier alpha value is 1.16. The van der Waals surface area contributed by atoms with Gasteiger partial charge in [0, 0.05) is 37.7 Å². The minimum absolute atomic E-state index is 0. The van der Waals surface area contributed by atoms with E-state index in [0.717, 1.165) is 0 Å². The molecule has 0 aliphatic heterocycles. The quantitative estimate of drug-likeness (QED) is 0.400. The van der Waals surface area contributed by atoms with E-state index in [4.69, 9.17) is 15.1 Å². The molecule has 0 heterocycles. The number of hydrogen-bond donors (Lipinski definition) is 3. The van der Waals surface area contributed by atoms with E-state index in [1.165, 1.54) is 0 Å². The molecule has 0 aliphatic rings. The Balaban J connectivity index is -0.0000000450. The third-order valence-corrected chi connectivity index (χ3v) is 0. The summed E-state index contributed by atoms with van der Waals surface area (Å²) in [6.07, 6.45) is 0. The van der Waals surface area contributed by atoms with Crippen molar-refractivity contribution in [2.45, 2.75) is 0 Å². The molecule has 1 radical (unpaired) electrons. The summed E-state index contributed by atoms with van der Waals surface area (Å²) in [5.41, 5.74) is 0. The van der Waals surface area contributed by atoms with Crippen molar-refractivity contribution in [3.05, 3.63) is 0 Å². The van der Waals surface area contributed by atoms with Crippen molar-refractivity contribution < 1.29 is 58.3 Å². The Bertz CT molecular complexity index is 12.3. The standard InChI is InChI=1S/BH3O3.Ho.H2O/c2-1(3)4;;/h2-4H;;1H2. The van der Waals surface area contributed by atoms with Crippen LogP contribution in [0.25, 0.3) is 0 Å². The molecule has 0 saturated heterocycles. The summed E-state index contributed by atoms with van der Waals surface area (Å²) in [5, 5.41) is 21.5. The van der Waals surface area contributed by atoms with Crippen molar-refractivity contribution in [3.63, 3.8) is 0 Å². The van der Waals surface area contributed by atoms with Crippen LogP contribution < -0.4 is 0 Å². The first-order chi connectivity index (χ1) is 1.73. The fourth-order valence-electron chi connectivity index (χ4n) is 0. The Morgan fingerprint density at radius 3 is 1.00 bits per heavy atom. The molecule has 0 aliphatic carbocycles. The predicted molar refractivity (Wildman–Crippen MR) is 16.0 cm³/mol. The van der Waals surface area contributed by atoms with Crippen LogP contribution in [-0.4, -0.2) is 27.9 Å². The van der Waals surface area contributed by atoms with Crippen LogP contribution in [0.3, 0.4) is 0 Å². The first-order valence-electron chi connectivity index (χ1n) is 0.775. The minimum atomic E-state index is -2.17. The summed E-state index contributed by atoms with van der Waals surface area (Å²) >= 11 is 0. The summed E-state index contributed by atoms with van der Waals surface area (Å²) in [7, 11) is -2.17. The summed E-state index contributed by atoms with van der Waals surface area (Å²) in [6, 6.07) is 0. The van der Waals surface area contributed by atoms with Gasteiger partial charge in [0.25, 0.3) is 0 Å². The fraction of sp³-hybridized carbons (Fsp3) is 0. The van der Waals surface area contributed by atoms with Gasteiger partial charge in [0.05, 0.1) is 0 Å². The number of rotatable bonds is 0. The van der Waals surface area contributed by atoms with Crippen molar-refractivity contribution in [2.24, 2.45) is 0 Å². The maximum atomic E-state index is 7.17. The van der Waals surface area contributed by atoms with Crippen molar-refractivity contribution in [3.8, 4) is 0 Å². The first kappa shape index (κ1) is 15.7. The molecule has 43 valence electrons. The normalized spacial score (nSPS) is 4.50. The smallest absolute Gasteiger partial charge is 0.412 e. The molecule has 0 amide bonds. The molecule has 4 nitrogen and oxygen atoms in total. The third-order valence-electron chi connectivity index (χ3n) is 0. The second-order valence-corrected chi connectivity index (χ2v) is 0.346. The van der Waals surface area contributed by atoms with Gasteiger partial charge in [0.15, 0.2) is 0 Å². The van der Waals surface area contributed by atoms with Gasteiger partial charge in [-0.3, -0.25) is 0 Å². The van der Waals surface area contributed by atoms with Gasteiger partial charge in [-0.2, -0.15) is 0 Å². The minimum Gasteiger partial charge on any atom is -0.412 e. The van der Waals surface area contributed by atoms with Gasteiger partial charge in [0.1, 0.15) is 0 Å². The van der Waals surface area contributed by atoms with E-state index in [1.54, 1.807) is 0 Å². The van der Waals surface area contributed by atoms with E-state index in [-0.39, 0.29) is 43.2 Å². The molecular formula is H5BHoO4. The summed E-state index contributed by atoms with van der Waals surface area (Å²) in [5.74, 6) is 0. The molecule has 0 atom stereocenters. The molecule has 0 bridgehead atoms. The molecule has 0 spiro atoms. The van der Waals surface area contributed by atoms with E-state index >= 15 is 0 Å². The van der Waals surface area contributed by atoms with Crippen molar-refractivity contribution in [1.82, 2.24) is 0 Å². The van der Waals surface area contributed by atoms with Crippen molar-refractivity contribution >= 4 is 7.32 Å². The molecule has 0 fully saturated rings. The van der Waals surface area contributed by atoms with Crippen LogP contribution in [0, 0.1) is 37.7 Å². The third kappa shape index (κ3) is 66.0. The van der Waals surface area contributed by atoms with Gasteiger partial charge >= 0.3 is 7.32 Å². The zero-order valence-electron chi connectivity index (χ0n) is 2.72. The van der Waals surface area contributed by atoms with E-state index in [2.05, 4.69) is 0 Å². The van der Waals surface area contributed by atoms with E-state index < -0.39 is 7.32 Å². The second kappa shape index (κ2) is 9.48. The molecule has 0 rings (SSSR count). The summed E-state index contributed by atoms with van der Waals surface area (Å²) in [6.45, 7) is 0. The van der Waals surface area contributed by atoms with Crippen LogP contribution in [0.15, 0.2) is 0 Å². The Kier molecular flexibility index (Phi) is 24.8. The van der Waals surface area contributed by atoms with Crippen LogP contribution >= 0.6 is 0 Å². The molecule has 0 unspecified atom stereocenters. The van der Waals surface area contributed by atoms with Crippen LogP contribution in [0.2, 0.25) is 0 Å². The van der Waals surface area contributed by atoms with Gasteiger partial charge < -0.3 is 20.5 Å². The predicted octanol–water partition coefficient (Wildman–Crippen LogP) is -2.88. The van der Waals surface area contributed by atoms with E-state index in [1.807, 2.05) is 0 Å². The van der Waals surface area contributed by atoms with Gasteiger partial charge in [0.2, 0.25) is 0 Å². The van der Waals surface area contributed by atoms with Crippen LogP contribution in [0.4, 0.5) is 0 Å². The molecule has 0 aromatic heterocycles. The molecule has 6 heavy (non-hydrogen) atoms. The average Bonchev–Trinajstić information content (AvgIpc) is 0.811. The van der Waals surface area contributed by atoms with Crippen molar-refractivity contribution in [1.29, 1.82) is 0 Å². The van der Waals surface area contributed by atoms with E-state index in [0.29, 0.717) is 0 Å². The van der Waals surface area contributed by atoms with Crippen LogP contribution in [0.5, 0.6) is 0 Å². The molecule has 6 heteroatoms. The van der Waals surface area contributed by atoms with Crippen LogP contribution in [0.1, 0.15) is 0 Å². The Labute approximate surface area is 65.3 Å². The van der Waals surface area contributed by atoms with Gasteiger partial charge in [-0.15, -0.1) is 0 Å². The fourth-order valence-corrected chi connectivity index (χ4v) is 0. The van der Waals surface area contributed by atoms with Gasteiger partial charge in [-0.25, -0.2) is 0 Å². The second-order valence-electron chi connectivity index (χ2n) is 0.346. The Morgan fingerprint density at radius 2 is 1.00 bits per heavy atom. The van der Waals surface area contributed by atoms with Crippen LogP contribution in [-0.2, 0) is 0 Å². The van der Waals surface area contributed by atoms with Crippen molar-refractivity contribution in [2.75, 3.05) is 0 Å². The molecule has 0 aromatic rings. The average molecular weight is 245 g/mol. The molecule has 0 saturated carbocycles. The molecule has 5 N–H and O–H groups in total.